The fraction of sp³-hybridized carbons (Fsp3) is 0.615. The molecule has 1 aliphatic heterocycles. The van der Waals surface area contributed by atoms with Crippen LogP contribution in [0.2, 0.25) is 0 Å². The number of nitrogens with zero attached hydrogens (tertiary/aromatic N) is 6. The first-order chi connectivity index (χ1) is 10.4. The van der Waals surface area contributed by atoms with Gasteiger partial charge in [0, 0.05) is 32.3 Å². The Morgan fingerprint density at radius 1 is 1.27 bits per heavy atom. The molecular weight excluding hydrogens is 304 g/mol. The van der Waals surface area contributed by atoms with Crippen LogP contribution in [0.3, 0.4) is 0 Å². The molecule has 2 aromatic rings. The molecular formula is C13H20N6O2S. The minimum Gasteiger partial charge on any atom is -0.336 e. The van der Waals surface area contributed by atoms with E-state index in [0.717, 1.165) is 5.82 Å². The standard InChI is InChI=1S/C13H20N6O2S/c1-10(2)13-16-12(9-17(13)3)22(20,21)18-7-4-11(8-18)19-14-5-6-15-19/h5-6,9-11H,4,7-8H2,1-3H3. The fourth-order valence-electron chi connectivity index (χ4n) is 2.78. The van der Waals surface area contributed by atoms with Gasteiger partial charge in [0.15, 0.2) is 5.03 Å². The zero-order valence-electron chi connectivity index (χ0n) is 12.9. The second kappa shape index (κ2) is 5.47. The second-order valence-corrected chi connectivity index (χ2v) is 7.74. The van der Waals surface area contributed by atoms with E-state index in [1.54, 1.807) is 28.0 Å². The Labute approximate surface area is 129 Å². The summed E-state index contributed by atoms with van der Waals surface area (Å²) in [4.78, 5) is 5.89. The van der Waals surface area contributed by atoms with E-state index < -0.39 is 10.0 Å². The smallest absolute Gasteiger partial charge is 0.262 e. The van der Waals surface area contributed by atoms with Crippen molar-refractivity contribution in [3.63, 3.8) is 0 Å². The van der Waals surface area contributed by atoms with Gasteiger partial charge in [-0.1, -0.05) is 13.8 Å². The summed E-state index contributed by atoms with van der Waals surface area (Å²) in [5.41, 5.74) is 0. The van der Waals surface area contributed by atoms with Crippen molar-refractivity contribution in [2.75, 3.05) is 13.1 Å². The normalized spacial score (nSPS) is 20.1. The Morgan fingerprint density at radius 3 is 2.55 bits per heavy atom. The molecule has 22 heavy (non-hydrogen) atoms. The third-order valence-corrected chi connectivity index (χ3v) is 5.64. The molecule has 0 aromatic carbocycles. The molecule has 3 heterocycles. The second-order valence-electron chi connectivity index (χ2n) is 5.86. The molecule has 0 amide bonds. The monoisotopic (exact) mass is 324 g/mol. The van der Waals surface area contributed by atoms with E-state index in [1.807, 2.05) is 20.9 Å². The summed E-state index contributed by atoms with van der Waals surface area (Å²) in [6.45, 7) is 4.83. The summed E-state index contributed by atoms with van der Waals surface area (Å²) in [5, 5.41) is 8.30. The van der Waals surface area contributed by atoms with Crippen molar-refractivity contribution in [3.05, 3.63) is 24.4 Å². The highest BCUT2D eigenvalue weighted by atomic mass is 32.2. The molecule has 8 nitrogen and oxygen atoms in total. The van der Waals surface area contributed by atoms with Crippen LogP contribution < -0.4 is 0 Å². The molecule has 0 aliphatic carbocycles. The molecule has 1 aliphatic rings. The largest absolute Gasteiger partial charge is 0.336 e. The highest BCUT2D eigenvalue weighted by Gasteiger charge is 2.35. The minimum atomic E-state index is -3.57. The number of aryl methyl sites for hydroxylation is 1. The summed E-state index contributed by atoms with van der Waals surface area (Å²) < 4.78 is 28.7. The molecule has 1 fully saturated rings. The highest BCUT2D eigenvalue weighted by Crippen LogP contribution is 2.26. The lowest BCUT2D eigenvalue weighted by atomic mass is 10.2. The maximum absolute atomic E-state index is 12.7. The van der Waals surface area contributed by atoms with E-state index >= 15 is 0 Å². The lowest BCUT2D eigenvalue weighted by molar-refractivity contribution is 0.402. The Balaban J connectivity index is 1.83. The zero-order chi connectivity index (χ0) is 15.9. The molecule has 0 N–H and O–H groups in total. The van der Waals surface area contributed by atoms with Crippen molar-refractivity contribution in [2.24, 2.45) is 7.05 Å². The van der Waals surface area contributed by atoms with Crippen molar-refractivity contribution in [3.8, 4) is 0 Å². The van der Waals surface area contributed by atoms with Gasteiger partial charge in [-0.2, -0.15) is 19.3 Å². The molecule has 9 heteroatoms. The topological polar surface area (TPSA) is 85.9 Å². The molecule has 0 radical (unpaired) electrons. The number of rotatable bonds is 4. The van der Waals surface area contributed by atoms with Gasteiger partial charge in [0.25, 0.3) is 10.0 Å². The van der Waals surface area contributed by atoms with Gasteiger partial charge in [0.2, 0.25) is 0 Å². The number of aromatic nitrogens is 5. The number of hydrogen-bond acceptors (Lipinski definition) is 5. The minimum absolute atomic E-state index is 0.0157. The van der Waals surface area contributed by atoms with Crippen LogP contribution >= 0.6 is 0 Å². The van der Waals surface area contributed by atoms with Crippen molar-refractivity contribution in [1.29, 1.82) is 0 Å². The predicted molar refractivity (Wildman–Crippen MR) is 79.7 cm³/mol. The zero-order valence-corrected chi connectivity index (χ0v) is 13.7. The lowest BCUT2D eigenvalue weighted by Crippen LogP contribution is -2.30. The summed E-state index contributed by atoms with van der Waals surface area (Å²) >= 11 is 0. The summed E-state index contributed by atoms with van der Waals surface area (Å²) in [7, 11) is -1.74. The molecule has 1 saturated heterocycles. The van der Waals surface area contributed by atoms with E-state index in [2.05, 4.69) is 15.2 Å². The van der Waals surface area contributed by atoms with Crippen molar-refractivity contribution in [2.45, 2.75) is 37.3 Å². The Kier molecular flexibility index (Phi) is 3.77. The van der Waals surface area contributed by atoms with E-state index in [4.69, 9.17) is 0 Å². The maximum atomic E-state index is 12.7. The van der Waals surface area contributed by atoms with Gasteiger partial charge in [-0.25, -0.2) is 13.4 Å². The maximum Gasteiger partial charge on any atom is 0.262 e. The molecule has 0 saturated carbocycles. The quantitative estimate of drug-likeness (QED) is 0.829. The van der Waals surface area contributed by atoms with Crippen LogP contribution in [0, 0.1) is 0 Å². The third-order valence-electron chi connectivity index (χ3n) is 3.90. The molecule has 2 aromatic heterocycles. The van der Waals surface area contributed by atoms with Crippen LogP contribution in [0.1, 0.15) is 38.1 Å². The molecule has 1 atom stereocenters. The third kappa shape index (κ3) is 2.54. The number of sulfonamides is 1. The van der Waals surface area contributed by atoms with Gasteiger partial charge in [0.05, 0.1) is 18.4 Å². The molecule has 120 valence electrons. The van der Waals surface area contributed by atoms with Crippen LogP contribution in [0.15, 0.2) is 23.6 Å². The molecule has 0 bridgehead atoms. The Morgan fingerprint density at radius 2 is 1.95 bits per heavy atom. The summed E-state index contributed by atoms with van der Waals surface area (Å²) in [6.07, 6.45) is 5.50. The van der Waals surface area contributed by atoms with Gasteiger partial charge >= 0.3 is 0 Å². The fourth-order valence-corrected chi connectivity index (χ4v) is 4.26. The van der Waals surface area contributed by atoms with Crippen LogP contribution in [-0.2, 0) is 17.1 Å². The highest BCUT2D eigenvalue weighted by molar-refractivity contribution is 7.89. The first-order valence-corrected chi connectivity index (χ1v) is 8.73. The first-order valence-electron chi connectivity index (χ1n) is 7.29. The van der Waals surface area contributed by atoms with Gasteiger partial charge in [-0.15, -0.1) is 0 Å². The summed E-state index contributed by atoms with van der Waals surface area (Å²) in [6, 6.07) is -0.0157. The van der Waals surface area contributed by atoms with E-state index in [9.17, 15) is 8.42 Å². The average Bonchev–Trinajstić information content (AvgIpc) is 3.18. The Bertz CT molecular complexity index is 750. The average molecular weight is 324 g/mol. The number of imidazole rings is 1. The molecule has 0 spiro atoms. The van der Waals surface area contributed by atoms with Gasteiger partial charge < -0.3 is 4.57 Å². The molecule has 3 rings (SSSR count). The predicted octanol–water partition coefficient (Wildman–Crippen LogP) is 0.771. The van der Waals surface area contributed by atoms with Crippen LogP contribution in [0.25, 0.3) is 0 Å². The van der Waals surface area contributed by atoms with E-state index in [1.165, 1.54) is 4.31 Å². The van der Waals surface area contributed by atoms with Gasteiger partial charge in [-0.3, -0.25) is 0 Å². The van der Waals surface area contributed by atoms with Crippen LogP contribution in [-0.4, -0.2) is 50.4 Å². The first kappa shape index (κ1) is 15.2. The van der Waals surface area contributed by atoms with Gasteiger partial charge in [0.1, 0.15) is 5.82 Å². The van der Waals surface area contributed by atoms with E-state index in [0.29, 0.717) is 19.5 Å². The van der Waals surface area contributed by atoms with Crippen LogP contribution in [0.4, 0.5) is 0 Å². The SMILES string of the molecule is CC(C)c1nc(S(=O)(=O)N2CCC(n3nccn3)C2)cn1C. The van der Waals surface area contributed by atoms with Crippen molar-refractivity contribution >= 4 is 10.0 Å². The van der Waals surface area contributed by atoms with Crippen molar-refractivity contribution < 1.29 is 8.42 Å². The lowest BCUT2D eigenvalue weighted by Gasteiger charge is -2.14. The number of hydrogen-bond donors (Lipinski definition) is 0. The van der Waals surface area contributed by atoms with Crippen molar-refractivity contribution in [1.82, 2.24) is 28.9 Å². The Hall–Kier alpha value is -1.74. The van der Waals surface area contributed by atoms with Gasteiger partial charge in [-0.05, 0) is 6.42 Å². The molecule has 1 unspecified atom stereocenters. The van der Waals surface area contributed by atoms with E-state index in [-0.39, 0.29) is 17.0 Å². The van der Waals surface area contributed by atoms with Crippen LogP contribution in [0.5, 0.6) is 0 Å². The summed E-state index contributed by atoms with van der Waals surface area (Å²) in [5.74, 6) is 0.941.